The van der Waals surface area contributed by atoms with Crippen LogP contribution in [0.1, 0.15) is 41.6 Å². The maximum atomic E-state index is 12.9. The van der Waals surface area contributed by atoms with Gasteiger partial charge in [-0.15, -0.1) is 26.3 Å². The number of allylic oxidation sites excluding steroid dienone is 2. The summed E-state index contributed by atoms with van der Waals surface area (Å²) in [5, 5.41) is 13.3. The van der Waals surface area contributed by atoms with E-state index >= 15 is 0 Å². The van der Waals surface area contributed by atoms with Gasteiger partial charge in [0.2, 0.25) is 0 Å². The third-order valence-corrected chi connectivity index (χ3v) is 7.76. The van der Waals surface area contributed by atoms with Crippen molar-refractivity contribution in [2.45, 2.75) is 45.0 Å². The van der Waals surface area contributed by atoms with E-state index < -0.39 is 24.4 Å². The molecule has 0 fully saturated rings. The highest BCUT2D eigenvalue weighted by Crippen LogP contribution is 2.29. The number of pyridine rings is 2. The molecule has 3 heterocycles. The first-order chi connectivity index (χ1) is 25.4. The Labute approximate surface area is 302 Å². The number of ether oxygens (including phenoxy) is 2. The molecule has 53 heavy (non-hydrogen) atoms. The summed E-state index contributed by atoms with van der Waals surface area (Å²) >= 11 is 0. The van der Waals surface area contributed by atoms with Gasteiger partial charge in [0.1, 0.15) is 23.1 Å². The van der Waals surface area contributed by atoms with Crippen molar-refractivity contribution in [1.82, 2.24) is 20.3 Å². The maximum Gasteiger partial charge on any atom is 0.573 e. The van der Waals surface area contributed by atoms with Crippen LogP contribution in [0.3, 0.4) is 0 Å². The second-order valence-corrected chi connectivity index (χ2v) is 11.7. The summed E-state index contributed by atoms with van der Waals surface area (Å²) in [7, 11) is 0. The van der Waals surface area contributed by atoms with Gasteiger partial charge in [0, 0.05) is 37.4 Å². The Hall–Kier alpha value is -5.93. The molecule has 0 aliphatic carbocycles. The number of halogens is 6. The molecule has 1 amide bonds. The predicted octanol–water partition coefficient (Wildman–Crippen LogP) is 8.42. The van der Waals surface area contributed by atoms with E-state index in [4.69, 9.17) is 0 Å². The molecule has 0 spiro atoms. The Balaban J connectivity index is 1.08. The summed E-state index contributed by atoms with van der Waals surface area (Å²) in [4.78, 5) is 21.4. The number of benzene rings is 2. The first-order valence-corrected chi connectivity index (χ1v) is 16.7. The molecule has 10 nitrogen and oxygen atoms in total. The molecule has 0 bridgehead atoms. The van der Waals surface area contributed by atoms with Crippen LogP contribution in [-0.4, -0.2) is 53.2 Å². The van der Waals surface area contributed by atoms with Gasteiger partial charge in [-0.3, -0.25) is 19.8 Å². The van der Waals surface area contributed by atoms with Crippen molar-refractivity contribution in [2.24, 2.45) is 0 Å². The highest BCUT2D eigenvalue weighted by atomic mass is 19.4. The third kappa shape index (κ3) is 12.4. The monoisotopic (exact) mass is 741 g/mol. The predicted molar refractivity (Wildman–Crippen MR) is 188 cm³/mol. The number of rotatable bonds is 17. The van der Waals surface area contributed by atoms with Crippen LogP contribution in [0.15, 0.2) is 115 Å². The summed E-state index contributed by atoms with van der Waals surface area (Å²) in [6.45, 7) is 2.19. The highest BCUT2D eigenvalue weighted by molar-refractivity contribution is 6.07. The third-order valence-electron chi connectivity index (χ3n) is 7.76. The van der Waals surface area contributed by atoms with E-state index in [-0.39, 0.29) is 11.3 Å². The molecule has 0 atom stereocenters. The lowest BCUT2D eigenvalue weighted by Gasteiger charge is -2.40. The van der Waals surface area contributed by atoms with E-state index in [1.165, 1.54) is 24.3 Å². The second kappa shape index (κ2) is 18.0. The number of aromatic nitrogens is 2. The molecule has 0 saturated carbocycles. The molecular weight excluding hydrogens is 704 g/mol. The zero-order valence-electron chi connectivity index (χ0n) is 28.3. The van der Waals surface area contributed by atoms with Crippen molar-refractivity contribution < 1.29 is 40.6 Å². The number of unbranched alkanes of at least 4 members (excludes halogenated alkanes) is 3. The van der Waals surface area contributed by atoms with Crippen molar-refractivity contribution in [3.63, 3.8) is 0 Å². The van der Waals surface area contributed by atoms with E-state index in [0.717, 1.165) is 49.2 Å². The van der Waals surface area contributed by atoms with Gasteiger partial charge in [-0.05, 0) is 91.2 Å². The normalized spacial score (nSPS) is 12.9. The molecule has 2 aromatic carbocycles. The molecule has 4 aromatic rings. The average molecular weight is 742 g/mol. The van der Waals surface area contributed by atoms with Crippen LogP contribution < -0.4 is 30.4 Å². The zero-order chi connectivity index (χ0) is 37.7. The summed E-state index contributed by atoms with van der Waals surface area (Å²) in [6, 6.07) is 17.6. The number of nitrogens with one attached hydrogen (secondary N) is 3. The summed E-state index contributed by atoms with van der Waals surface area (Å²) < 4.78 is 83.5. The van der Waals surface area contributed by atoms with Crippen LogP contribution in [0, 0.1) is 0 Å². The first-order valence-electron chi connectivity index (χ1n) is 16.7. The number of hydrogen-bond donors (Lipinski definition) is 3. The van der Waals surface area contributed by atoms with Gasteiger partial charge in [-0.25, -0.2) is 4.98 Å². The quantitative estimate of drug-likeness (QED) is 0.0727. The van der Waals surface area contributed by atoms with Gasteiger partial charge < -0.3 is 25.4 Å². The minimum atomic E-state index is -4.81. The molecule has 1 aliphatic heterocycles. The van der Waals surface area contributed by atoms with Gasteiger partial charge in [-0.1, -0.05) is 31.1 Å². The lowest BCUT2D eigenvalue weighted by atomic mass is 10.2. The average Bonchev–Trinajstić information content (AvgIpc) is 3.12. The van der Waals surface area contributed by atoms with Crippen LogP contribution in [0.5, 0.6) is 11.5 Å². The molecule has 5 rings (SSSR count). The van der Waals surface area contributed by atoms with Crippen LogP contribution in [0.2, 0.25) is 0 Å². The fraction of sp³-hybridized carbons (Fsp3) is 0.270. The van der Waals surface area contributed by atoms with Gasteiger partial charge in [0.25, 0.3) is 5.91 Å². The van der Waals surface area contributed by atoms with E-state index in [2.05, 4.69) is 35.4 Å². The Kier molecular flexibility index (Phi) is 13.0. The summed E-state index contributed by atoms with van der Waals surface area (Å²) in [6.07, 6.45) is 4.75. The molecular formula is C37H37F6N7O3. The smallest absolute Gasteiger partial charge is 0.406 e. The topological polar surface area (TPSA) is 104 Å². The van der Waals surface area contributed by atoms with E-state index in [0.29, 0.717) is 43.4 Å². The molecule has 280 valence electrons. The molecule has 3 N–H and O–H groups in total. The molecule has 0 saturated heterocycles. The Morgan fingerprint density at radius 2 is 1.43 bits per heavy atom. The van der Waals surface area contributed by atoms with Crippen LogP contribution in [0.25, 0.3) is 0 Å². The molecule has 0 radical (unpaired) electrons. The largest absolute Gasteiger partial charge is 0.573 e. The van der Waals surface area contributed by atoms with E-state index in [1.807, 2.05) is 40.4 Å². The zero-order valence-corrected chi connectivity index (χ0v) is 28.3. The lowest BCUT2D eigenvalue weighted by Crippen LogP contribution is -2.46. The van der Waals surface area contributed by atoms with Gasteiger partial charge in [-0.2, -0.15) is 0 Å². The Morgan fingerprint density at radius 1 is 0.792 bits per heavy atom. The fourth-order valence-corrected chi connectivity index (χ4v) is 5.38. The number of amides is 1. The summed E-state index contributed by atoms with van der Waals surface area (Å²) in [5.74, 6) is 0.0550. The van der Waals surface area contributed by atoms with Crippen molar-refractivity contribution >= 4 is 23.1 Å². The number of carbonyl (C=O) groups is 1. The second-order valence-electron chi connectivity index (χ2n) is 11.7. The Morgan fingerprint density at radius 3 is 2.08 bits per heavy atom. The maximum absolute atomic E-state index is 12.9. The van der Waals surface area contributed by atoms with Crippen molar-refractivity contribution in [1.29, 1.82) is 0 Å². The fourth-order valence-electron chi connectivity index (χ4n) is 5.38. The number of anilines is 3. The van der Waals surface area contributed by atoms with Gasteiger partial charge in [0.05, 0.1) is 24.3 Å². The Bertz CT molecular complexity index is 1820. The SMILES string of the molecule is O=C(Nc1ccc(OC(F)(F)F)cc1)c1cccnc1NCCCCCCNC1=CC=CCN1N(Cc1cccnc1)c1ccc(OC(F)(F)F)cc1. The van der Waals surface area contributed by atoms with Crippen LogP contribution in [-0.2, 0) is 6.54 Å². The number of carbonyl (C=O) groups excluding carboxylic acids is 1. The first kappa shape index (κ1) is 38.3. The minimum Gasteiger partial charge on any atom is -0.406 e. The summed E-state index contributed by atoms with van der Waals surface area (Å²) in [5.41, 5.74) is 2.17. The van der Waals surface area contributed by atoms with Crippen LogP contribution >= 0.6 is 0 Å². The molecule has 0 unspecified atom stereocenters. The van der Waals surface area contributed by atoms with Crippen LogP contribution in [0.4, 0.5) is 43.5 Å². The number of alkyl halides is 6. The van der Waals surface area contributed by atoms with Gasteiger partial charge in [0.15, 0.2) is 0 Å². The molecule has 2 aromatic heterocycles. The standard InChI is InChI=1S/C37H37F6N7O3/c38-36(39,40)52-30-16-12-28(13-17-30)48-35(51)32-10-8-23-47-34(32)46-22-5-2-1-4-21-45-33-11-3-6-24-49(33)50(26-27-9-7-20-44-25-27)29-14-18-31(19-15-29)53-37(41,42)43/h3,6-20,23,25,45H,1-2,4-5,21-22,24,26H2,(H,46,47)(H,48,51). The van der Waals surface area contributed by atoms with Gasteiger partial charge >= 0.3 is 12.7 Å². The van der Waals surface area contributed by atoms with Crippen molar-refractivity contribution in [3.05, 3.63) is 127 Å². The lowest BCUT2D eigenvalue weighted by molar-refractivity contribution is -0.275. The van der Waals surface area contributed by atoms with Crippen molar-refractivity contribution in [2.75, 3.05) is 35.3 Å². The molecule has 1 aliphatic rings. The highest BCUT2D eigenvalue weighted by Gasteiger charge is 2.32. The minimum absolute atomic E-state index is 0.287. The number of hydrazine groups is 1. The molecule has 16 heteroatoms. The van der Waals surface area contributed by atoms with Crippen molar-refractivity contribution in [3.8, 4) is 11.5 Å². The van der Waals surface area contributed by atoms with E-state index in [1.54, 1.807) is 42.9 Å². The van der Waals surface area contributed by atoms with E-state index in [9.17, 15) is 31.1 Å². The number of nitrogens with zero attached hydrogens (tertiary/aromatic N) is 4. The number of hydrogen-bond acceptors (Lipinski definition) is 9.